The molecular weight excluding hydrogens is 308 g/mol. The summed E-state index contributed by atoms with van der Waals surface area (Å²) in [7, 11) is -3.92. The zero-order valence-electron chi connectivity index (χ0n) is 9.89. The molecule has 0 saturated heterocycles. The maximum atomic E-state index is 13.3. The second kappa shape index (κ2) is 5.32. The third-order valence-electron chi connectivity index (χ3n) is 2.23. The second-order valence-electron chi connectivity index (χ2n) is 3.75. The number of nitro groups is 1. The normalized spacial score (nSPS) is 12.7. The Labute approximate surface area is 110 Å². The number of benzene rings is 1. The minimum Gasteiger partial charge on any atom is -0.258 e. The van der Waals surface area contributed by atoms with Crippen LogP contribution in [0.25, 0.3) is 0 Å². The Balaban J connectivity index is 3.17. The van der Waals surface area contributed by atoms with Crippen molar-refractivity contribution in [1.82, 2.24) is 4.31 Å². The lowest BCUT2D eigenvalue weighted by atomic mass is 10.3. The van der Waals surface area contributed by atoms with Crippen LogP contribution in [0.2, 0.25) is 0 Å². The van der Waals surface area contributed by atoms with Crippen molar-refractivity contribution in [3.63, 3.8) is 0 Å². The molecule has 0 aliphatic carbocycles. The summed E-state index contributed by atoms with van der Waals surface area (Å²) in [5.41, 5.74) is -0.970. The molecule has 112 valence electrons. The lowest BCUT2D eigenvalue weighted by Gasteiger charge is -2.18. The monoisotopic (exact) mass is 316 g/mol. The van der Waals surface area contributed by atoms with E-state index in [-0.39, 0.29) is 4.31 Å². The number of alkyl halides is 3. The molecule has 6 nitrogen and oxygen atoms in total. The maximum Gasteiger partial charge on any atom is 0.402 e. The molecule has 20 heavy (non-hydrogen) atoms. The Bertz CT molecular complexity index is 629. The van der Waals surface area contributed by atoms with Crippen LogP contribution in [0.1, 0.15) is 0 Å². The number of nitro benzene ring substituents is 1. The lowest BCUT2D eigenvalue weighted by molar-refractivity contribution is -0.387. The minimum absolute atomic E-state index is 0.0202. The van der Waals surface area contributed by atoms with Gasteiger partial charge in [-0.05, 0) is 6.07 Å². The molecule has 0 aromatic heterocycles. The molecule has 1 aromatic rings. The number of halogens is 4. The van der Waals surface area contributed by atoms with Gasteiger partial charge >= 0.3 is 11.9 Å². The first kappa shape index (κ1) is 16.3. The van der Waals surface area contributed by atoms with Crippen LogP contribution >= 0.6 is 0 Å². The first-order valence-corrected chi connectivity index (χ1v) is 6.36. The first-order valence-electron chi connectivity index (χ1n) is 4.92. The van der Waals surface area contributed by atoms with Crippen molar-refractivity contribution >= 4 is 15.7 Å². The molecule has 0 atom stereocenters. The van der Waals surface area contributed by atoms with Crippen LogP contribution in [0.4, 0.5) is 23.2 Å². The fourth-order valence-corrected chi connectivity index (χ4v) is 2.48. The van der Waals surface area contributed by atoms with Crippen molar-refractivity contribution in [2.24, 2.45) is 0 Å². The van der Waals surface area contributed by atoms with Gasteiger partial charge in [-0.3, -0.25) is 10.1 Å². The topological polar surface area (TPSA) is 80.5 Å². The Morgan fingerprint density at radius 3 is 2.30 bits per heavy atom. The number of hydrogen-bond donors (Lipinski definition) is 0. The molecule has 0 fully saturated rings. The molecule has 11 heteroatoms. The van der Waals surface area contributed by atoms with E-state index in [1.54, 1.807) is 0 Å². The van der Waals surface area contributed by atoms with Crippen molar-refractivity contribution in [3.05, 3.63) is 34.1 Å². The van der Waals surface area contributed by atoms with E-state index in [4.69, 9.17) is 0 Å². The van der Waals surface area contributed by atoms with Gasteiger partial charge in [-0.25, -0.2) is 8.42 Å². The molecule has 0 radical (unpaired) electrons. The smallest absolute Gasteiger partial charge is 0.258 e. The van der Waals surface area contributed by atoms with Crippen molar-refractivity contribution < 1.29 is 30.9 Å². The molecule has 1 rings (SSSR count). The highest BCUT2D eigenvalue weighted by molar-refractivity contribution is 7.89. The highest BCUT2D eigenvalue weighted by Gasteiger charge is 2.35. The van der Waals surface area contributed by atoms with Gasteiger partial charge in [0.15, 0.2) is 0 Å². The average Bonchev–Trinajstić information content (AvgIpc) is 2.25. The number of rotatable bonds is 4. The van der Waals surface area contributed by atoms with Crippen LogP contribution in [0.3, 0.4) is 0 Å². The minimum atomic E-state index is -4.76. The Kier molecular flexibility index (Phi) is 4.34. The van der Waals surface area contributed by atoms with Crippen molar-refractivity contribution in [1.29, 1.82) is 0 Å². The van der Waals surface area contributed by atoms with E-state index >= 15 is 0 Å². The van der Waals surface area contributed by atoms with Gasteiger partial charge < -0.3 is 0 Å². The lowest BCUT2D eigenvalue weighted by Crippen LogP contribution is -2.35. The Hall–Kier alpha value is -1.75. The van der Waals surface area contributed by atoms with Crippen LogP contribution in [0.5, 0.6) is 0 Å². The molecule has 0 saturated carbocycles. The summed E-state index contributed by atoms with van der Waals surface area (Å²) in [6.45, 7) is -1.76. The van der Waals surface area contributed by atoms with Crippen LogP contribution in [-0.2, 0) is 10.0 Å². The Morgan fingerprint density at radius 1 is 1.35 bits per heavy atom. The highest BCUT2D eigenvalue weighted by atomic mass is 32.2. The molecular formula is C9H8F4N2O4S. The van der Waals surface area contributed by atoms with Gasteiger partial charge in [-0.1, -0.05) is 0 Å². The van der Waals surface area contributed by atoms with Gasteiger partial charge in [0, 0.05) is 19.2 Å². The Morgan fingerprint density at radius 2 is 1.90 bits per heavy atom. The van der Waals surface area contributed by atoms with E-state index in [0.717, 1.165) is 0 Å². The van der Waals surface area contributed by atoms with E-state index in [9.17, 15) is 36.1 Å². The largest absolute Gasteiger partial charge is 0.402 e. The fourth-order valence-electron chi connectivity index (χ4n) is 1.31. The molecule has 0 spiro atoms. The van der Waals surface area contributed by atoms with Crippen LogP contribution in [-0.4, -0.2) is 37.4 Å². The summed E-state index contributed by atoms with van der Waals surface area (Å²) in [4.78, 5) is 8.48. The second-order valence-corrected chi connectivity index (χ2v) is 5.79. The maximum absolute atomic E-state index is 13.3. The predicted molar refractivity (Wildman–Crippen MR) is 58.9 cm³/mol. The summed E-state index contributed by atoms with van der Waals surface area (Å²) < 4.78 is 73.1. The quantitative estimate of drug-likeness (QED) is 0.483. The molecule has 0 heterocycles. The van der Waals surface area contributed by atoms with E-state index in [1.807, 2.05) is 0 Å². The molecule has 0 aliphatic rings. The third kappa shape index (κ3) is 3.63. The van der Waals surface area contributed by atoms with E-state index < -0.39 is 44.1 Å². The van der Waals surface area contributed by atoms with Crippen molar-refractivity contribution in [2.45, 2.75) is 11.1 Å². The van der Waals surface area contributed by atoms with E-state index in [1.165, 1.54) is 0 Å². The number of hydrogen-bond acceptors (Lipinski definition) is 4. The molecule has 0 unspecified atom stereocenters. The summed E-state index contributed by atoms with van der Waals surface area (Å²) in [5.74, 6) is -1.45. The summed E-state index contributed by atoms with van der Waals surface area (Å²) in [6, 6.07) is 1.55. The molecule has 1 aromatic carbocycles. The van der Waals surface area contributed by atoms with Gasteiger partial charge in [0.2, 0.25) is 15.8 Å². The van der Waals surface area contributed by atoms with E-state index in [0.29, 0.717) is 25.2 Å². The molecule has 0 amide bonds. The van der Waals surface area contributed by atoms with E-state index in [2.05, 4.69) is 0 Å². The molecule has 0 aliphatic heterocycles. The van der Waals surface area contributed by atoms with Gasteiger partial charge in [0.25, 0.3) is 0 Å². The SMILES string of the molecule is CN(CC(F)(F)F)S(=O)(=O)c1ccc([N+](=O)[O-])c(F)c1. The fraction of sp³-hybridized carbons (Fsp3) is 0.333. The molecule has 0 N–H and O–H groups in total. The standard InChI is InChI=1S/C9H8F4N2O4S/c1-14(5-9(11,12)13)20(18,19)6-2-3-8(15(16)17)7(10)4-6/h2-4H,5H2,1H3. The van der Waals surface area contributed by atoms with Crippen molar-refractivity contribution in [2.75, 3.05) is 13.6 Å². The van der Waals surface area contributed by atoms with Gasteiger partial charge in [0.1, 0.15) is 6.54 Å². The van der Waals surface area contributed by atoms with Crippen LogP contribution < -0.4 is 0 Å². The summed E-state index contributed by atoms with van der Waals surface area (Å²) in [6.07, 6.45) is -4.76. The van der Waals surface area contributed by atoms with Crippen molar-refractivity contribution in [3.8, 4) is 0 Å². The number of sulfonamides is 1. The third-order valence-corrected chi connectivity index (χ3v) is 4.03. The average molecular weight is 316 g/mol. The highest BCUT2D eigenvalue weighted by Crippen LogP contribution is 2.24. The zero-order chi connectivity index (χ0) is 15.7. The zero-order valence-corrected chi connectivity index (χ0v) is 10.7. The van der Waals surface area contributed by atoms with Crippen LogP contribution in [0.15, 0.2) is 23.1 Å². The van der Waals surface area contributed by atoms with Gasteiger partial charge in [-0.2, -0.15) is 21.9 Å². The van der Waals surface area contributed by atoms with Crippen LogP contribution in [0, 0.1) is 15.9 Å². The molecule has 0 bridgehead atoms. The summed E-state index contributed by atoms with van der Waals surface area (Å²) >= 11 is 0. The number of nitrogens with zero attached hydrogens (tertiary/aromatic N) is 2. The predicted octanol–water partition coefficient (Wildman–Crippen LogP) is 1.92. The first-order chi connectivity index (χ1) is 8.95. The summed E-state index contributed by atoms with van der Waals surface area (Å²) in [5, 5.41) is 10.4. The van der Waals surface area contributed by atoms with Gasteiger partial charge in [-0.15, -0.1) is 0 Å². The van der Waals surface area contributed by atoms with Gasteiger partial charge in [0.05, 0.1) is 9.82 Å².